The van der Waals surface area contributed by atoms with Gasteiger partial charge in [0.25, 0.3) is 0 Å². The van der Waals surface area contributed by atoms with Gasteiger partial charge in [-0.05, 0) is 43.7 Å². The van der Waals surface area contributed by atoms with Gasteiger partial charge in [-0.3, -0.25) is 0 Å². The van der Waals surface area contributed by atoms with E-state index in [1.807, 2.05) is 37.3 Å². The predicted molar refractivity (Wildman–Crippen MR) is 109 cm³/mol. The summed E-state index contributed by atoms with van der Waals surface area (Å²) in [5.41, 5.74) is 2.39. The normalized spacial score (nSPS) is 15.3. The summed E-state index contributed by atoms with van der Waals surface area (Å²) in [6, 6.07) is 9.75. The van der Waals surface area contributed by atoms with E-state index in [9.17, 15) is 0 Å². The first-order valence-corrected chi connectivity index (χ1v) is 10.6. The number of anilines is 1. The summed E-state index contributed by atoms with van der Waals surface area (Å²) < 4.78 is 12.9. The van der Waals surface area contributed by atoms with Gasteiger partial charge in [-0.15, -0.1) is 10.2 Å². The zero-order chi connectivity index (χ0) is 18.8. The van der Waals surface area contributed by atoms with Crippen molar-refractivity contribution in [3.05, 3.63) is 46.3 Å². The largest absolute Gasteiger partial charge is 0.460 e. The maximum Gasteiger partial charge on any atom is 0.247 e. The number of thioether (sulfide) groups is 1. The van der Waals surface area contributed by atoms with Gasteiger partial charge in [-0.1, -0.05) is 41.0 Å². The summed E-state index contributed by atoms with van der Waals surface area (Å²) in [4.78, 5) is 4.63. The fourth-order valence-corrected chi connectivity index (χ4v) is 3.98. The quantitative estimate of drug-likeness (QED) is 0.403. The first kappa shape index (κ1) is 18.3. The highest BCUT2D eigenvalue weighted by Gasteiger charge is 2.28. The number of nitrogens with one attached hydrogen (secondary N) is 1. The maximum absolute atomic E-state index is 6.18. The molecule has 3 heterocycles. The molecule has 0 radical (unpaired) electrons. The minimum Gasteiger partial charge on any atom is -0.460 e. The number of benzene rings is 1. The van der Waals surface area contributed by atoms with Gasteiger partial charge in [0.1, 0.15) is 5.76 Å². The number of aromatic nitrogens is 3. The molecule has 0 fully saturated rings. The lowest BCUT2D eigenvalue weighted by atomic mass is 10.1. The number of ether oxygens (including phenoxy) is 1. The Morgan fingerprint density at radius 3 is 2.89 bits per heavy atom. The van der Waals surface area contributed by atoms with Crippen molar-refractivity contribution in [2.45, 2.75) is 38.1 Å². The third kappa shape index (κ3) is 3.96. The Hall–Kier alpha value is -2.06. The number of unbranched alkanes of at least 4 members (excludes halogenated alkanes) is 1. The number of furan rings is 1. The van der Waals surface area contributed by atoms with Crippen LogP contribution in [0.25, 0.3) is 11.3 Å². The maximum atomic E-state index is 6.18. The smallest absolute Gasteiger partial charge is 0.247 e. The summed E-state index contributed by atoms with van der Waals surface area (Å²) in [6.45, 7) is 4.07. The molecule has 1 unspecified atom stereocenters. The number of hydrogen-bond donors (Lipinski definition) is 1. The van der Waals surface area contributed by atoms with Crippen molar-refractivity contribution < 1.29 is 9.15 Å². The fraction of sp³-hybridized carbons (Fsp3) is 0.316. The predicted octanol–water partition coefficient (Wildman–Crippen LogP) is 5.60. The van der Waals surface area contributed by atoms with Crippen molar-refractivity contribution in [1.29, 1.82) is 0 Å². The fourth-order valence-electron chi connectivity index (χ4n) is 2.76. The molecule has 0 saturated carbocycles. The standard InChI is InChI=1S/C19H19BrN4O2S/c1-3-4-9-27-19-22-18-16(23-24-19)13-10-12(20)6-7-14(13)21-17(26-18)15-8-5-11(2)25-15/h5-8,10,17,21H,3-4,9H2,1-2H3. The topological polar surface area (TPSA) is 73.1 Å². The molecule has 1 N–H and O–H groups in total. The van der Waals surface area contributed by atoms with Crippen LogP contribution in [0.4, 0.5) is 5.69 Å². The monoisotopic (exact) mass is 446 g/mol. The second-order valence-corrected chi connectivity index (χ2v) is 8.21. The summed E-state index contributed by atoms with van der Waals surface area (Å²) in [6.07, 6.45) is 1.75. The van der Waals surface area contributed by atoms with Crippen molar-refractivity contribution in [3.63, 3.8) is 0 Å². The van der Waals surface area contributed by atoms with Crippen molar-refractivity contribution in [3.8, 4) is 17.1 Å². The lowest BCUT2D eigenvalue weighted by molar-refractivity contribution is 0.194. The molecular formula is C19H19BrN4O2S. The van der Waals surface area contributed by atoms with Crippen LogP contribution in [0.15, 0.2) is 44.4 Å². The van der Waals surface area contributed by atoms with Gasteiger partial charge in [0.2, 0.25) is 17.3 Å². The van der Waals surface area contributed by atoms with Crippen LogP contribution < -0.4 is 10.1 Å². The molecule has 4 rings (SSSR count). The van der Waals surface area contributed by atoms with Crippen molar-refractivity contribution in [1.82, 2.24) is 15.2 Å². The second-order valence-electron chi connectivity index (χ2n) is 6.23. The second kappa shape index (κ2) is 7.90. The molecule has 27 heavy (non-hydrogen) atoms. The molecule has 6 nitrogen and oxygen atoms in total. The molecule has 1 aliphatic rings. The van der Waals surface area contributed by atoms with Gasteiger partial charge in [-0.2, -0.15) is 4.98 Å². The van der Waals surface area contributed by atoms with Crippen LogP contribution in [0.2, 0.25) is 0 Å². The zero-order valence-electron chi connectivity index (χ0n) is 15.0. The molecule has 0 aliphatic carbocycles. The molecule has 0 bridgehead atoms. The lowest BCUT2D eigenvalue weighted by Crippen LogP contribution is -2.16. The average molecular weight is 447 g/mol. The molecule has 0 saturated heterocycles. The molecule has 1 aliphatic heterocycles. The zero-order valence-corrected chi connectivity index (χ0v) is 17.4. The van der Waals surface area contributed by atoms with E-state index in [-0.39, 0.29) is 0 Å². The van der Waals surface area contributed by atoms with Crippen LogP contribution in [0.1, 0.15) is 37.5 Å². The van der Waals surface area contributed by atoms with Gasteiger partial charge in [0.15, 0.2) is 11.5 Å². The van der Waals surface area contributed by atoms with Crippen LogP contribution >= 0.6 is 27.7 Å². The molecule has 8 heteroatoms. The number of fused-ring (bicyclic) bond motifs is 3. The highest BCUT2D eigenvalue weighted by molar-refractivity contribution is 9.10. The number of nitrogens with zero attached hydrogens (tertiary/aromatic N) is 3. The molecule has 1 aromatic carbocycles. The van der Waals surface area contributed by atoms with E-state index in [2.05, 4.69) is 43.4 Å². The highest BCUT2D eigenvalue weighted by atomic mass is 79.9. The third-order valence-corrected chi connectivity index (χ3v) is 5.55. The summed E-state index contributed by atoms with van der Waals surface area (Å²) in [7, 11) is 0. The minimum atomic E-state index is -0.495. The number of aryl methyl sites for hydroxylation is 1. The Balaban J connectivity index is 1.76. The van der Waals surface area contributed by atoms with Crippen molar-refractivity contribution in [2.24, 2.45) is 0 Å². The Morgan fingerprint density at radius 2 is 2.11 bits per heavy atom. The SMILES string of the molecule is CCCCSc1nnc2c(n1)OC(c1ccc(C)o1)Nc1ccc(Br)cc1-2. The van der Waals surface area contributed by atoms with Crippen molar-refractivity contribution >= 4 is 33.4 Å². The Kier molecular flexibility index (Phi) is 5.36. The van der Waals surface area contributed by atoms with E-state index in [0.717, 1.165) is 40.1 Å². The summed E-state index contributed by atoms with van der Waals surface area (Å²) in [5.74, 6) is 2.92. The van der Waals surface area contributed by atoms with E-state index in [4.69, 9.17) is 9.15 Å². The van der Waals surface area contributed by atoms with Gasteiger partial charge < -0.3 is 14.5 Å². The van der Waals surface area contributed by atoms with Crippen LogP contribution in [0, 0.1) is 6.92 Å². The van der Waals surface area contributed by atoms with Crippen LogP contribution in [0.3, 0.4) is 0 Å². The first-order valence-electron chi connectivity index (χ1n) is 8.81. The van der Waals surface area contributed by atoms with Gasteiger partial charge in [0, 0.05) is 21.5 Å². The van der Waals surface area contributed by atoms with E-state index < -0.39 is 6.23 Å². The van der Waals surface area contributed by atoms with Gasteiger partial charge >= 0.3 is 0 Å². The molecule has 0 spiro atoms. The highest BCUT2D eigenvalue weighted by Crippen LogP contribution is 2.41. The number of rotatable bonds is 5. The van der Waals surface area contributed by atoms with E-state index in [0.29, 0.717) is 22.5 Å². The van der Waals surface area contributed by atoms with E-state index in [1.165, 1.54) is 0 Å². The van der Waals surface area contributed by atoms with Crippen LogP contribution in [-0.4, -0.2) is 20.9 Å². The molecule has 0 amide bonds. The van der Waals surface area contributed by atoms with Crippen molar-refractivity contribution in [2.75, 3.05) is 11.1 Å². The molecule has 140 valence electrons. The Bertz CT molecular complexity index is 963. The number of hydrogen-bond acceptors (Lipinski definition) is 7. The molecule has 1 atom stereocenters. The summed E-state index contributed by atoms with van der Waals surface area (Å²) >= 11 is 5.12. The van der Waals surface area contributed by atoms with Crippen LogP contribution in [-0.2, 0) is 0 Å². The molecular weight excluding hydrogens is 428 g/mol. The van der Waals surface area contributed by atoms with Gasteiger partial charge in [-0.25, -0.2) is 0 Å². The average Bonchev–Trinajstić information content (AvgIpc) is 3.02. The first-order chi connectivity index (χ1) is 13.1. The third-order valence-electron chi connectivity index (χ3n) is 4.14. The Labute approximate surface area is 170 Å². The molecule has 2 aromatic heterocycles. The summed E-state index contributed by atoms with van der Waals surface area (Å²) in [5, 5.41) is 12.7. The number of halogens is 1. The van der Waals surface area contributed by atoms with E-state index >= 15 is 0 Å². The minimum absolute atomic E-state index is 0.451. The van der Waals surface area contributed by atoms with E-state index in [1.54, 1.807) is 11.8 Å². The van der Waals surface area contributed by atoms with Crippen LogP contribution in [0.5, 0.6) is 5.88 Å². The lowest BCUT2D eigenvalue weighted by Gasteiger charge is -2.16. The van der Waals surface area contributed by atoms with Gasteiger partial charge in [0.05, 0.1) is 0 Å². The molecule has 3 aromatic rings. The Morgan fingerprint density at radius 1 is 1.22 bits per heavy atom.